The van der Waals surface area contributed by atoms with Crippen molar-refractivity contribution in [2.75, 3.05) is 19.8 Å². The van der Waals surface area contributed by atoms with E-state index in [2.05, 4.69) is 33.0 Å². The Morgan fingerprint density at radius 1 is 0.926 bits per heavy atom. The number of carbonyl (C=O) groups excluding carboxylic acids is 1. The van der Waals surface area contributed by atoms with Gasteiger partial charge in [-0.25, -0.2) is 0 Å². The van der Waals surface area contributed by atoms with Crippen LogP contribution in [0, 0.1) is 23.7 Å². The molecule has 0 radical (unpaired) electrons. The molecule has 0 spiro atoms. The fourth-order valence-corrected chi connectivity index (χ4v) is 2.96. The summed E-state index contributed by atoms with van der Waals surface area (Å²) in [6.45, 7) is 12.9. The summed E-state index contributed by atoms with van der Waals surface area (Å²) in [6.07, 6.45) is 7.68. The molecule has 0 aromatic heterocycles. The summed E-state index contributed by atoms with van der Waals surface area (Å²) in [4.78, 5) is 22.6. The lowest BCUT2D eigenvalue weighted by Crippen LogP contribution is -2.29. The zero-order valence-corrected chi connectivity index (χ0v) is 18.3. The average Bonchev–Trinajstić information content (AvgIpc) is 2.64. The van der Waals surface area contributed by atoms with Crippen LogP contribution in [0.3, 0.4) is 0 Å². The highest BCUT2D eigenvalue weighted by Gasteiger charge is 2.18. The van der Waals surface area contributed by atoms with Crippen molar-refractivity contribution in [3.05, 3.63) is 0 Å². The Morgan fingerprint density at radius 3 is 2.07 bits per heavy atom. The Morgan fingerprint density at radius 2 is 1.52 bits per heavy atom. The first-order valence-electron chi connectivity index (χ1n) is 10.9. The van der Waals surface area contributed by atoms with Gasteiger partial charge in [-0.05, 0) is 37.0 Å². The molecule has 0 aliphatic rings. The largest absolute Gasteiger partial charge is 0.481 e. The van der Waals surface area contributed by atoms with Crippen molar-refractivity contribution in [1.29, 1.82) is 0 Å². The second kappa shape index (κ2) is 15.9. The van der Waals surface area contributed by atoms with Gasteiger partial charge in [0.1, 0.15) is 0 Å². The molecule has 4 unspecified atom stereocenters. The molecule has 0 rings (SSSR count). The van der Waals surface area contributed by atoms with Crippen LogP contribution in [0.5, 0.6) is 0 Å². The minimum absolute atomic E-state index is 0.0545. The van der Waals surface area contributed by atoms with Gasteiger partial charge in [-0.15, -0.1) is 0 Å². The van der Waals surface area contributed by atoms with E-state index in [1.165, 1.54) is 32.1 Å². The zero-order valence-electron chi connectivity index (χ0n) is 18.3. The molecule has 5 heteroatoms. The van der Waals surface area contributed by atoms with Gasteiger partial charge in [-0.2, -0.15) is 0 Å². The van der Waals surface area contributed by atoms with Gasteiger partial charge in [0, 0.05) is 26.2 Å². The molecule has 0 saturated carbocycles. The maximum atomic E-state index is 11.7. The standard InChI is InChI=1S/C22H43NO4/c1-6-17(3)9-10-18(4)11-12-19(5)16-27-14-8-13-23-21(24)15-20(7-2)22(25)26/h17-20H,6-16H2,1-5H3,(H,23,24)(H,25,26). The lowest BCUT2D eigenvalue weighted by atomic mass is 9.91. The summed E-state index contributed by atoms with van der Waals surface area (Å²) < 4.78 is 5.72. The molecular weight excluding hydrogens is 342 g/mol. The quantitative estimate of drug-likeness (QED) is 0.350. The van der Waals surface area contributed by atoms with Crippen molar-refractivity contribution in [2.45, 2.75) is 86.0 Å². The number of carboxylic acid groups (broad SMARTS) is 1. The van der Waals surface area contributed by atoms with Crippen LogP contribution in [0.4, 0.5) is 0 Å². The second-order valence-electron chi connectivity index (χ2n) is 8.30. The molecule has 0 aromatic carbocycles. The molecule has 2 N–H and O–H groups in total. The van der Waals surface area contributed by atoms with Crippen LogP contribution in [-0.2, 0) is 14.3 Å². The predicted molar refractivity (Wildman–Crippen MR) is 111 cm³/mol. The van der Waals surface area contributed by atoms with E-state index < -0.39 is 11.9 Å². The summed E-state index contributed by atoms with van der Waals surface area (Å²) in [5.74, 6) is 0.504. The van der Waals surface area contributed by atoms with E-state index >= 15 is 0 Å². The van der Waals surface area contributed by atoms with Crippen molar-refractivity contribution in [3.63, 3.8) is 0 Å². The third-order valence-corrected chi connectivity index (χ3v) is 5.47. The van der Waals surface area contributed by atoms with Crippen molar-refractivity contribution in [3.8, 4) is 0 Å². The Bertz CT molecular complexity index is 400. The highest BCUT2D eigenvalue weighted by atomic mass is 16.5. The summed E-state index contributed by atoms with van der Waals surface area (Å²) in [7, 11) is 0. The van der Waals surface area contributed by atoms with E-state index in [4.69, 9.17) is 9.84 Å². The minimum Gasteiger partial charge on any atom is -0.481 e. The average molecular weight is 386 g/mol. The zero-order chi connectivity index (χ0) is 20.7. The number of carbonyl (C=O) groups is 2. The Kier molecular flexibility index (Phi) is 15.3. The minimum atomic E-state index is -0.904. The van der Waals surface area contributed by atoms with E-state index in [1.807, 2.05) is 0 Å². The Balaban J connectivity index is 3.64. The first-order valence-corrected chi connectivity index (χ1v) is 10.9. The number of carboxylic acids is 1. The third-order valence-electron chi connectivity index (χ3n) is 5.47. The van der Waals surface area contributed by atoms with Crippen LogP contribution in [0.2, 0.25) is 0 Å². The molecule has 0 fully saturated rings. The molecule has 27 heavy (non-hydrogen) atoms. The van der Waals surface area contributed by atoms with Gasteiger partial charge >= 0.3 is 5.97 Å². The van der Waals surface area contributed by atoms with Crippen molar-refractivity contribution < 1.29 is 19.4 Å². The van der Waals surface area contributed by atoms with Crippen LogP contribution in [0.15, 0.2) is 0 Å². The van der Waals surface area contributed by atoms with Gasteiger partial charge in [0.05, 0.1) is 5.92 Å². The number of nitrogens with one attached hydrogen (secondary N) is 1. The number of rotatable bonds is 17. The van der Waals surface area contributed by atoms with Crippen LogP contribution in [0.1, 0.15) is 86.0 Å². The summed E-state index contributed by atoms with van der Waals surface area (Å²) in [5.41, 5.74) is 0. The summed E-state index contributed by atoms with van der Waals surface area (Å²) in [5, 5.41) is 11.7. The molecule has 0 aromatic rings. The van der Waals surface area contributed by atoms with Gasteiger partial charge in [-0.3, -0.25) is 9.59 Å². The van der Waals surface area contributed by atoms with Gasteiger partial charge in [0.2, 0.25) is 5.91 Å². The highest BCUT2D eigenvalue weighted by molar-refractivity contribution is 5.82. The van der Waals surface area contributed by atoms with E-state index in [0.717, 1.165) is 24.9 Å². The van der Waals surface area contributed by atoms with Gasteiger partial charge in [0.15, 0.2) is 0 Å². The first kappa shape index (κ1) is 25.9. The van der Waals surface area contributed by atoms with Crippen LogP contribution < -0.4 is 5.32 Å². The monoisotopic (exact) mass is 385 g/mol. The molecule has 4 atom stereocenters. The molecular formula is C22H43NO4. The number of hydrogen-bond donors (Lipinski definition) is 2. The maximum absolute atomic E-state index is 11.7. The van der Waals surface area contributed by atoms with E-state index in [0.29, 0.717) is 25.5 Å². The number of aliphatic carboxylic acids is 1. The molecule has 0 aliphatic heterocycles. The summed E-state index contributed by atoms with van der Waals surface area (Å²) >= 11 is 0. The molecule has 1 amide bonds. The normalized spacial score (nSPS) is 15.7. The summed E-state index contributed by atoms with van der Waals surface area (Å²) in [6, 6.07) is 0. The van der Waals surface area contributed by atoms with Crippen molar-refractivity contribution >= 4 is 11.9 Å². The first-order chi connectivity index (χ1) is 12.8. The molecule has 0 heterocycles. The van der Waals surface area contributed by atoms with Crippen molar-refractivity contribution in [2.24, 2.45) is 23.7 Å². The third kappa shape index (κ3) is 14.6. The predicted octanol–water partition coefficient (Wildman–Crippen LogP) is 4.89. The van der Waals surface area contributed by atoms with Crippen LogP contribution in [-0.4, -0.2) is 36.7 Å². The van der Waals surface area contributed by atoms with E-state index in [1.54, 1.807) is 6.92 Å². The van der Waals surface area contributed by atoms with Crippen molar-refractivity contribution in [1.82, 2.24) is 5.32 Å². The van der Waals surface area contributed by atoms with Gasteiger partial charge < -0.3 is 15.2 Å². The second-order valence-corrected chi connectivity index (χ2v) is 8.30. The molecule has 160 valence electrons. The SMILES string of the molecule is CCC(C)CCC(C)CCC(C)COCCCNC(=O)CC(CC)C(=O)O. The van der Waals surface area contributed by atoms with Gasteiger partial charge in [-0.1, -0.05) is 60.3 Å². The number of ether oxygens (including phenoxy) is 1. The molecule has 5 nitrogen and oxygen atoms in total. The smallest absolute Gasteiger partial charge is 0.307 e. The molecule has 0 bridgehead atoms. The topological polar surface area (TPSA) is 75.6 Å². The van der Waals surface area contributed by atoms with E-state index in [9.17, 15) is 9.59 Å². The van der Waals surface area contributed by atoms with E-state index in [-0.39, 0.29) is 12.3 Å². The fraction of sp³-hybridized carbons (Fsp3) is 0.909. The Hall–Kier alpha value is -1.10. The Labute approximate surface area is 166 Å². The fourth-order valence-electron chi connectivity index (χ4n) is 2.96. The maximum Gasteiger partial charge on any atom is 0.307 e. The van der Waals surface area contributed by atoms with Gasteiger partial charge in [0.25, 0.3) is 0 Å². The highest BCUT2D eigenvalue weighted by Crippen LogP contribution is 2.20. The van der Waals surface area contributed by atoms with Crippen LogP contribution in [0.25, 0.3) is 0 Å². The van der Waals surface area contributed by atoms with Crippen LogP contribution >= 0.6 is 0 Å². The molecule has 0 saturated heterocycles. The number of amides is 1. The lowest BCUT2D eigenvalue weighted by molar-refractivity contribution is -0.144. The number of hydrogen-bond acceptors (Lipinski definition) is 3. The molecule has 0 aliphatic carbocycles. The lowest BCUT2D eigenvalue weighted by Gasteiger charge is -2.17.